The normalized spacial score (nSPS) is 20.3. The Kier molecular flexibility index (Phi) is 5.65. The van der Waals surface area contributed by atoms with Crippen LogP contribution in [-0.4, -0.2) is 86.7 Å². The predicted octanol–water partition coefficient (Wildman–Crippen LogP) is 2.56. The summed E-state index contributed by atoms with van der Waals surface area (Å²) >= 11 is 0. The van der Waals surface area contributed by atoms with E-state index in [-0.39, 0.29) is 12.2 Å². The number of carbonyl (C=O) groups excluding carboxylic acids is 1. The maximum Gasteiger partial charge on any atom is 0.414 e. The summed E-state index contributed by atoms with van der Waals surface area (Å²) in [5.74, 6) is 1.95. The molecule has 35 heavy (non-hydrogen) atoms. The van der Waals surface area contributed by atoms with Crippen molar-refractivity contribution in [2.24, 2.45) is 0 Å². The summed E-state index contributed by atoms with van der Waals surface area (Å²) < 4.78 is 22.2. The molecule has 3 aliphatic rings. The summed E-state index contributed by atoms with van der Waals surface area (Å²) in [6, 6.07) is 11.3. The van der Waals surface area contributed by atoms with Gasteiger partial charge in [0.05, 0.1) is 30.5 Å². The predicted molar refractivity (Wildman–Crippen MR) is 130 cm³/mol. The molecular formula is C25H27N5O5. The number of anilines is 2. The van der Waals surface area contributed by atoms with Gasteiger partial charge in [-0.1, -0.05) is 0 Å². The van der Waals surface area contributed by atoms with Crippen LogP contribution in [0, 0.1) is 0 Å². The number of hydrogen-bond donors (Lipinski definition) is 0. The molecule has 0 bridgehead atoms. The third-order valence-electron chi connectivity index (χ3n) is 6.63. The molecule has 2 aromatic heterocycles. The Morgan fingerprint density at radius 1 is 1.03 bits per heavy atom. The molecule has 1 atom stereocenters. The van der Waals surface area contributed by atoms with Gasteiger partial charge in [-0.2, -0.15) is 0 Å². The molecule has 3 aliphatic heterocycles. The fourth-order valence-corrected chi connectivity index (χ4v) is 4.85. The third kappa shape index (κ3) is 4.25. The number of ether oxygens (including phenoxy) is 4. The summed E-state index contributed by atoms with van der Waals surface area (Å²) in [5, 5.41) is 0. The lowest BCUT2D eigenvalue weighted by Crippen LogP contribution is -2.49. The lowest BCUT2D eigenvalue weighted by atomic mass is 10.2. The number of fused-ring (bicyclic) bond motifs is 2. The van der Waals surface area contributed by atoms with Gasteiger partial charge >= 0.3 is 6.09 Å². The summed E-state index contributed by atoms with van der Waals surface area (Å²) in [5.41, 5.74) is 3.52. The lowest BCUT2D eigenvalue weighted by molar-refractivity contribution is 0.106. The number of amides is 1. The SMILES string of the molecule is COc1ccc2nccc(N3CCN(CC4CN(c5ccc6c(c5)OCCO6)C(=O)O4)CC3)c2n1. The zero-order chi connectivity index (χ0) is 23.8. The van der Waals surface area contributed by atoms with Crippen molar-refractivity contribution in [2.45, 2.75) is 6.10 Å². The minimum Gasteiger partial charge on any atom is -0.486 e. The standard InChI is InChI=1S/C25H27N5O5/c1-32-23-5-3-19-24(27-23)20(6-7-26-19)29-10-8-28(9-11-29)15-18-16-30(25(31)35-18)17-2-4-21-22(14-17)34-13-12-33-21/h2-7,14,18H,8-13,15-16H2,1H3. The molecule has 0 aliphatic carbocycles. The molecule has 0 spiro atoms. The largest absolute Gasteiger partial charge is 0.486 e. The monoisotopic (exact) mass is 477 g/mol. The molecule has 2 saturated heterocycles. The van der Waals surface area contributed by atoms with E-state index in [1.165, 1.54) is 0 Å². The second-order valence-electron chi connectivity index (χ2n) is 8.78. The first kappa shape index (κ1) is 21.7. The van der Waals surface area contributed by atoms with Crippen molar-refractivity contribution in [3.8, 4) is 17.4 Å². The van der Waals surface area contributed by atoms with Crippen LogP contribution in [0.15, 0.2) is 42.6 Å². The molecule has 1 unspecified atom stereocenters. The van der Waals surface area contributed by atoms with E-state index in [9.17, 15) is 4.79 Å². The van der Waals surface area contributed by atoms with Gasteiger partial charge in [-0.05, 0) is 24.3 Å². The minimum absolute atomic E-state index is 0.185. The fourth-order valence-electron chi connectivity index (χ4n) is 4.85. The molecule has 2 fully saturated rings. The van der Waals surface area contributed by atoms with Crippen molar-refractivity contribution < 1.29 is 23.7 Å². The molecule has 3 aromatic rings. The number of rotatable bonds is 5. The van der Waals surface area contributed by atoms with Crippen molar-refractivity contribution in [1.82, 2.24) is 14.9 Å². The Labute approximate surface area is 203 Å². The molecule has 0 radical (unpaired) electrons. The number of hydrogen-bond acceptors (Lipinski definition) is 9. The van der Waals surface area contributed by atoms with Crippen molar-refractivity contribution in [2.75, 3.05) is 69.4 Å². The number of aromatic nitrogens is 2. The zero-order valence-corrected chi connectivity index (χ0v) is 19.6. The zero-order valence-electron chi connectivity index (χ0n) is 19.6. The maximum atomic E-state index is 12.6. The van der Waals surface area contributed by atoms with Crippen LogP contribution in [0.5, 0.6) is 17.4 Å². The summed E-state index contributed by atoms with van der Waals surface area (Å²) in [6.45, 7) is 5.69. The third-order valence-corrected chi connectivity index (χ3v) is 6.63. The average Bonchev–Trinajstić information content (AvgIpc) is 3.27. The first-order valence-corrected chi connectivity index (χ1v) is 11.8. The van der Waals surface area contributed by atoms with Crippen molar-refractivity contribution >= 4 is 28.5 Å². The van der Waals surface area contributed by atoms with Crippen LogP contribution >= 0.6 is 0 Å². The van der Waals surface area contributed by atoms with Crippen LogP contribution < -0.4 is 24.0 Å². The van der Waals surface area contributed by atoms with E-state index in [0.717, 1.165) is 48.6 Å². The molecular weight excluding hydrogens is 450 g/mol. The van der Waals surface area contributed by atoms with Gasteiger partial charge < -0.3 is 23.8 Å². The van der Waals surface area contributed by atoms with Crippen LogP contribution in [0.4, 0.5) is 16.2 Å². The number of methoxy groups -OCH3 is 1. The fraction of sp³-hybridized carbons (Fsp3) is 0.400. The molecule has 182 valence electrons. The molecule has 6 rings (SSSR count). The highest BCUT2D eigenvalue weighted by molar-refractivity contribution is 5.90. The number of nitrogens with zero attached hydrogens (tertiary/aromatic N) is 5. The second-order valence-corrected chi connectivity index (χ2v) is 8.78. The van der Waals surface area contributed by atoms with Gasteiger partial charge in [0.15, 0.2) is 11.5 Å². The maximum absolute atomic E-state index is 12.6. The topological polar surface area (TPSA) is 89.5 Å². The molecule has 10 heteroatoms. The van der Waals surface area contributed by atoms with Gasteiger partial charge in [-0.15, -0.1) is 0 Å². The van der Waals surface area contributed by atoms with Gasteiger partial charge in [-0.25, -0.2) is 9.78 Å². The van der Waals surface area contributed by atoms with Gasteiger partial charge in [-0.3, -0.25) is 14.8 Å². The highest BCUT2D eigenvalue weighted by Crippen LogP contribution is 2.35. The molecule has 1 aromatic carbocycles. The van der Waals surface area contributed by atoms with E-state index in [1.807, 2.05) is 42.6 Å². The van der Waals surface area contributed by atoms with Crippen molar-refractivity contribution in [3.05, 3.63) is 42.6 Å². The summed E-state index contributed by atoms with van der Waals surface area (Å²) in [4.78, 5) is 28.0. The lowest BCUT2D eigenvalue weighted by Gasteiger charge is -2.36. The van der Waals surface area contributed by atoms with E-state index in [2.05, 4.69) is 19.8 Å². The smallest absolute Gasteiger partial charge is 0.414 e. The van der Waals surface area contributed by atoms with Gasteiger partial charge in [0.1, 0.15) is 24.8 Å². The van der Waals surface area contributed by atoms with E-state index in [4.69, 9.17) is 18.9 Å². The number of piperazine rings is 1. The Bertz CT molecular complexity index is 1250. The molecule has 0 N–H and O–H groups in total. The highest BCUT2D eigenvalue weighted by atomic mass is 16.6. The van der Waals surface area contributed by atoms with E-state index in [0.29, 0.717) is 43.7 Å². The van der Waals surface area contributed by atoms with Gasteiger partial charge in [0.25, 0.3) is 0 Å². The first-order chi connectivity index (χ1) is 17.2. The quantitative estimate of drug-likeness (QED) is 0.550. The molecule has 0 saturated carbocycles. The molecule has 5 heterocycles. The number of benzene rings is 1. The summed E-state index contributed by atoms with van der Waals surface area (Å²) in [6.07, 6.45) is 1.31. The Hall–Kier alpha value is -3.79. The van der Waals surface area contributed by atoms with Crippen LogP contribution in [0.2, 0.25) is 0 Å². The van der Waals surface area contributed by atoms with Gasteiger partial charge in [0.2, 0.25) is 5.88 Å². The Balaban J connectivity index is 1.08. The second kappa shape index (κ2) is 9.10. The number of carbonyl (C=O) groups is 1. The summed E-state index contributed by atoms with van der Waals surface area (Å²) in [7, 11) is 1.62. The molecule has 10 nitrogen and oxygen atoms in total. The van der Waals surface area contributed by atoms with Crippen LogP contribution in [0.1, 0.15) is 0 Å². The average molecular weight is 478 g/mol. The minimum atomic E-state index is -0.325. The number of pyridine rings is 2. The van der Waals surface area contributed by atoms with Crippen LogP contribution in [0.3, 0.4) is 0 Å². The van der Waals surface area contributed by atoms with E-state index in [1.54, 1.807) is 12.0 Å². The number of cyclic esters (lactones) is 1. The van der Waals surface area contributed by atoms with Crippen molar-refractivity contribution in [3.63, 3.8) is 0 Å². The van der Waals surface area contributed by atoms with E-state index < -0.39 is 0 Å². The van der Waals surface area contributed by atoms with Gasteiger partial charge in [0, 0.05) is 51.1 Å². The van der Waals surface area contributed by atoms with Crippen LogP contribution in [-0.2, 0) is 4.74 Å². The van der Waals surface area contributed by atoms with Crippen molar-refractivity contribution in [1.29, 1.82) is 0 Å². The van der Waals surface area contributed by atoms with Crippen LogP contribution in [0.25, 0.3) is 11.0 Å². The first-order valence-electron chi connectivity index (χ1n) is 11.8. The Morgan fingerprint density at radius 2 is 1.86 bits per heavy atom. The Morgan fingerprint density at radius 3 is 2.69 bits per heavy atom. The molecule has 1 amide bonds. The van der Waals surface area contributed by atoms with E-state index >= 15 is 0 Å². The highest BCUT2D eigenvalue weighted by Gasteiger charge is 2.35.